The summed E-state index contributed by atoms with van der Waals surface area (Å²) in [4.78, 5) is 10.1. The average Bonchev–Trinajstić information content (AvgIpc) is 2.75. The largest absolute Gasteiger partial charge is 0.371 e. The predicted octanol–water partition coefficient (Wildman–Crippen LogP) is 5.21. The molecule has 0 N–H and O–H groups in total. The van der Waals surface area contributed by atoms with Gasteiger partial charge in [0.1, 0.15) is 0 Å². The van der Waals surface area contributed by atoms with E-state index in [0.717, 1.165) is 43.4 Å². The van der Waals surface area contributed by atoms with Crippen LogP contribution in [0.1, 0.15) is 26.7 Å². The third kappa shape index (κ3) is 3.70. The van der Waals surface area contributed by atoms with Crippen molar-refractivity contribution in [2.24, 2.45) is 0 Å². The van der Waals surface area contributed by atoms with Crippen LogP contribution < -0.4 is 4.90 Å². The molecule has 27 heavy (non-hydrogen) atoms. The standard InChI is InChI=1S/C24H29N3/c1-3-26(4-2)20-14-16-27(17-15-20)24-18-23(19-10-6-5-7-11-19)25-22-13-9-8-12-21(22)24/h5-13,18,20H,3-4,14-17H2,1-2H3. The molecule has 0 radical (unpaired) electrons. The number of rotatable bonds is 5. The van der Waals surface area contributed by atoms with Gasteiger partial charge in [-0.05, 0) is 38.1 Å². The van der Waals surface area contributed by atoms with Crippen molar-refractivity contribution >= 4 is 16.6 Å². The molecule has 1 aliphatic heterocycles. The first kappa shape index (κ1) is 18.0. The Kier molecular flexibility index (Phi) is 5.40. The van der Waals surface area contributed by atoms with Crippen LogP contribution in [0, 0.1) is 0 Å². The molecule has 3 nitrogen and oxygen atoms in total. The monoisotopic (exact) mass is 359 g/mol. The second-order valence-electron chi connectivity index (χ2n) is 7.35. The fourth-order valence-corrected chi connectivity index (χ4v) is 4.39. The summed E-state index contributed by atoms with van der Waals surface area (Å²) >= 11 is 0. The van der Waals surface area contributed by atoms with Gasteiger partial charge < -0.3 is 9.80 Å². The Morgan fingerprint density at radius 3 is 2.30 bits per heavy atom. The second-order valence-corrected chi connectivity index (χ2v) is 7.35. The minimum Gasteiger partial charge on any atom is -0.371 e. The van der Waals surface area contributed by atoms with E-state index in [1.165, 1.54) is 29.5 Å². The van der Waals surface area contributed by atoms with E-state index >= 15 is 0 Å². The molecule has 4 rings (SSSR count). The number of para-hydroxylation sites is 1. The summed E-state index contributed by atoms with van der Waals surface area (Å²) in [7, 11) is 0. The number of benzene rings is 2. The van der Waals surface area contributed by atoms with E-state index in [2.05, 4.69) is 84.3 Å². The van der Waals surface area contributed by atoms with Crippen LogP contribution in [-0.2, 0) is 0 Å². The van der Waals surface area contributed by atoms with Crippen molar-refractivity contribution in [3.8, 4) is 11.3 Å². The van der Waals surface area contributed by atoms with Crippen LogP contribution in [0.15, 0.2) is 60.7 Å². The van der Waals surface area contributed by atoms with Crippen molar-refractivity contribution in [3.63, 3.8) is 0 Å². The Hall–Kier alpha value is -2.39. The van der Waals surface area contributed by atoms with Gasteiger partial charge in [0, 0.05) is 35.8 Å². The molecule has 0 saturated carbocycles. The van der Waals surface area contributed by atoms with E-state index < -0.39 is 0 Å². The van der Waals surface area contributed by atoms with Gasteiger partial charge in [-0.2, -0.15) is 0 Å². The first-order valence-electron chi connectivity index (χ1n) is 10.2. The Balaban J connectivity index is 1.67. The highest BCUT2D eigenvalue weighted by molar-refractivity contribution is 5.94. The fourth-order valence-electron chi connectivity index (χ4n) is 4.39. The molecule has 0 unspecified atom stereocenters. The molecular formula is C24H29N3. The van der Waals surface area contributed by atoms with Crippen LogP contribution in [-0.4, -0.2) is 42.1 Å². The summed E-state index contributed by atoms with van der Waals surface area (Å²) in [5, 5.41) is 1.26. The molecule has 2 aromatic carbocycles. The Morgan fingerprint density at radius 1 is 0.926 bits per heavy atom. The van der Waals surface area contributed by atoms with Crippen molar-refractivity contribution in [1.82, 2.24) is 9.88 Å². The number of pyridine rings is 1. The smallest absolute Gasteiger partial charge is 0.0730 e. The van der Waals surface area contributed by atoms with Crippen LogP contribution >= 0.6 is 0 Å². The van der Waals surface area contributed by atoms with E-state index in [1.807, 2.05) is 0 Å². The van der Waals surface area contributed by atoms with Crippen molar-refractivity contribution in [3.05, 3.63) is 60.7 Å². The molecule has 0 spiro atoms. The van der Waals surface area contributed by atoms with Gasteiger partial charge in [0.25, 0.3) is 0 Å². The first-order valence-corrected chi connectivity index (χ1v) is 10.2. The van der Waals surface area contributed by atoms with E-state index in [-0.39, 0.29) is 0 Å². The Bertz CT molecular complexity index is 879. The van der Waals surface area contributed by atoms with Gasteiger partial charge in [-0.3, -0.25) is 0 Å². The number of aromatic nitrogens is 1. The van der Waals surface area contributed by atoms with Gasteiger partial charge in [0.2, 0.25) is 0 Å². The van der Waals surface area contributed by atoms with Crippen LogP contribution in [0.2, 0.25) is 0 Å². The number of hydrogen-bond acceptors (Lipinski definition) is 3. The van der Waals surface area contributed by atoms with Gasteiger partial charge in [-0.15, -0.1) is 0 Å². The second kappa shape index (κ2) is 8.10. The number of nitrogens with zero attached hydrogens (tertiary/aromatic N) is 3. The van der Waals surface area contributed by atoms with E-state index in [4.69, 9.17) is 4.98 Å². The molecule has 1 aliphatic rings. The van der Waals surface area contributed by atoms with E-state index in [0.29, 0.717) is 0 Å². The molecule has 0 atom stereocenters. The average molecular weight is 360 g/mol. The summed E-state index contributed by atoms with van der Waals surface area (Å²) in [5.41, 5.74) is 4.66. The van der Waals surface area contributed by atoms with Crippen LogP contribution in [0.4, 0.5) is 5.69 Å². The summed E-state index contributed by atoms with van der Waals surface area (Å²) < 4.78 is 0. The van der Waals surface area contributed by atoms with E-state index in [1.54, 1.807) is 0 Å². The zero-order chi connectivity index (χ0) is 18.6. The molecule has 0 amide bonds. The summed E-state index contributed by atoms with van der Waals surface area (Å²) in [6.45, 7) is 9.08. The maximum absolute atomic E-state index is 4.94. The van der Waals surface area contributed by atoms with Crippen molar-refractivity contribution < 1.29 is 0 Å². The van der Waals surface area contributed by atoms with E-state index in [9.17, 15) is 0 Å². The van der Waals surface area contributed by atoms with Crippen LogP contribution in [0.5, 0.6) is 0 Å². The Morgan fingerprint density at radius 2 is 1.59 bits per heavy atom. The van der Waals surface area contributed by atoms with Crippen LogP contribution in [0.25, 0.3) is 22.2 Å². The maximum Gasteiger partial charge on any atom is 0.0730 e. The fraction of sp³-hybridized carbons (Fsp3) is 0.375. The quantitative estimate of drug-likeness (QED) is 0.623. The number of fused-ring (bicyclic) bond motifs is 1. The van der Waals surface area contributed by atoms with Crippen molar-refractivity contribution in [2.45, 2.75) is 32.7 Å². The summed E-state index contributed by atoms with van der Waals surface area (Å²) in [6, 6.07) is 22.1. The highest BCUT2D eigenvalue weighted by atomic mass is 15.2. The topological polar surface area (TPSA) is 19.4 Å². The molecule has 0 aliphatic carbocycles. The predicted molar refractivity (Wildman–Crippen MR) is 115 cm³/mol. The lowest BCUT2D eigenvalue weighted by Crippen LogP contribution is -2.44. The molecule has 1 aromatic heterocycles. The number of anilines is 1. The van der Waals surface area contributed by atoms with Crippen LogP contribution in [0.3, 0.4) is 0 Å². The highest BCUT2D eigenvalue weighted by Gasteiger charge is 2.24. The van der Waals surface area contributed by atoms with Gasteiger partial charge in [-0.25, -0.2) is 4.98 Å². The van der Waals surface area contributed by atoms with Crippen molar-refractivity contribution in [1.29, 1.82) is 0 Å². The highest BCUT2D eigenvalue weighted by Crippen LogP contribution is 2.33. The minimum absolute atomic E-state index is 0.720. The summed E-state index contributed by atoms with van der Waals surface area (Å²) in [6.07, 6.45) is 2.47. The maximum atomic E-state index is 4.94. The molecule has 3 heteroatoms. The molecule has 1 saturated heterocycles. The van der Waals surface area contributed by atoms with Gasteiger partial charge >= 0.3 is 0 Å². The van der Waals surface area contributed by atoms with Gasteiger partial charge in [-0.1, -0.05) is 62.4 Å². The minimum atomic E-state index is 0.720. The lowest BCUT2D eigenvalue weighted by molar-refractivity contribution is 0.186. The third-order valence-corrected chi connectivity index (χ3v) is 5.90. The zero-order valence-corrected chi connectivity index (χ0v) is 16.4. The lowest BCUT2D eigenvalue weighted by atomic mass is 10.0. The number of hydrogen-bond donors (Lipinski definition) is 0. The molecular weight excluding hydrogens is 330 g/mol. The zero-order valence-electron chi connectivity index (χ0n) is 16.4. The SMILES string of the molecule is CCN(CC)C1CCN(c2cc(-c3ccccc3)nc3ccccc23)CC1. The molecule has 3 aromatic rings. The molecule has 1 fully saturated rings. The van der Waals surface area contributed by atoms with Gasteiger partial charge in [0.05, 0.1) is 11.2 Å². The lowest BCUT2D eigenvalue weighted by Gasteiger charge is -2.39. The van der Waals surface area contributed by atoms with Gasteiger partial charge in [0.15, 0.2) is 0 Å². The Labute approximate surface area is 162 Å². The molecule has 2 heterocycles. The normalized spacial score (nSPS) is 15.6. The molecule has 0 bridgehead atoms. The molecule has 140 valence electrons. The third-order valence-electron chi connectivity index (χ3n) is 5.90. The first-order chi connectivity index (χ1) is 13.3. The number of piperidine rings is 1. The van der Waals surface area contributed by atoms with Crippen molar-refractivity contribution in [2.75, 3.05) is 31.1 Å². The summed E-state index contributed by atoms with van der Waals surface area (Å²) in [5.74, 6) is 0.